The Bertz CT molecular complexity index is 646. The summed E-state index contributed by atoms with van der Waals surface area (Å²) < 4.78 is 45.0. The van der Waals surface area contributed by atoms with E-state index in [1.807, 2.05) is 6.92 Å². The number of fused-ring (bicyclic) bond motifs is 1. The van der Waals surface area contributed by atoms with Crippen LogP contribution in [0.4, 0.5) is 19.0 Å². The summed E-state index contributed by atoms with van der Waals surface area (Å²) in [5.74, 6) is 0.372. The van der Waals surface area contributed by atoms with Crippen LogP contribution in [0.3, 0.4) is 0 Å². The first-order valence-corrected chi connectivity index (χ1v) is 6.67. The average Bonchev–Trinajstić information content (AvgIpc) is 3.02. The van der Waals surface area contributed by atoms with E-state index in [0.29, 0.717) is 24.5 Å². The molecule has 0 radical (unpaired) electrons. The molecule has 2 aromatic rings. The predicted molar refractivity (Wildman–Crippen MR) is 70.1 cm³/mol. The monoisotopic (exact) mass is 300 g/mol. The number of ether oxygens (including phenoxy) is 1. The summed E-state index contributed by atoms with van der Waals surface area (Å²) in [6.45, 7) is 3.18. The Morgan fingerprint density at radius 2 is 2.29 bits per heavy atom. The maximum atomic E-state index is 12.7. The Morgan fingerprint density at radius 3 is 2.95 bits per heavy atom. The Hall–Kier alpha value is -1.83. The second-order valence-electron chi connectivity index (χ2n) is 5.39. The van der Waals surface area contributed by atoms with Crippen molar-refractivity contribution in [3.05, 3.63) is 24.2 Å². The number of nitrogens with one attached hydrogen (secondary N) is 1. The quantitative estimate of drug-likeness (QED) is 0.947. The molecule has 3 heterocycles. The molecule has 21 heavy (non-hydrogen) atoms. The number of hydrogen-bond acceptors (Lipinski definition) is 4. The molecule has 1 fully saturated rings. The highest BCUT2D eigenvalue weighted by molar-refractivity contribution is 5.68. The highest BCUT2D eigenvalue weighted by Gasteiger charge is 2.35. The summed E-state index contributed by atoms with van der Waals surface area (Å²) in [4.78, 5) is 4.10. The molecule has 1 aliphatic rings. The van der Waals surface area contributed by atoms with Gasteiger partial charge in [-0.15, -0.1) is 0 Å². The zero-order valence-electron chi connectivity index (χ0n) is 11.4. The largest absolute Gasteiger partial charge is 0.435 e. The van der Waals surface area contributed by atoms with E-state index in [9.17, 15) is 13.2 Å². The molecule has 0 aliphatic carbocycles. The standard InChI is InChI=1S/C13H15F3N4O/c1-12(3-2-6-21-12)8-18-11-9-7-10(13(14,15)16)19-20(9)5-4-17-11/h4-5,7H,2-3,6,8H2,1H3,(H,17,18). The van der Waals surface area contributed by atoms with Gasteiger partial charge in [0, 0.05) is 31.6 Å². The molecule has 1 saturated heterocycles. The fraction of sp³-hybridized carbons (Fsp3) is 0.538. The van der Waals surface area contributed by atoms with Crippen LogP contribution in [0.2, 0.25) is 0 Å². The second kappa shape index (κ2) is 4.87. The van der Waals surface area contributed by atoms with Crippen LogP contribution >= 0.6 is 0 Å². The van der Waals surface area contributed by atoms with Crippen molar-refractivity contribution in [2.45, 2.75) is 31.5 Å². The van der Waals surface area contributed by atoms with Gasteiger partial charge in [-0.1, -0.05) is 0 Å². The number of nitrogens with zero attached hydrogens (tertiary/aromatic N) is 3. The van der Waals surface area contributed by atoms with E-state index in [1.165, 1.54) is 16.9 Å². The molecule has 1 N–H and O–H groups in total. The summed E-state index contributed by atoms with van der Waals surface area (Å²) in [6, 6.07) is 0.993. The van der Waals surface area contributed by atoms with Crippen LogP contribution in [0.25, 0.3) is 5.52 Å². The maximum Gasteiger partial charge on any atom is 0.435 e. The number of aromatic nitrogens is 3. The Labute approximate surface area is 119 Å². The molecule has 114 valence electrons. The van der Waals surface area contributed by atoms with Crippen LogP contribution in [0, 0.1) is 0 Å². The van der Waals surface area contributed by atoms with Gasteiger partial charge < -0.3 is 10.1 Å². The van der Waals surface area contributed by atoms with Gasteiger partial charge in [0.15, 0.2) is 11.5 Å². The molecular weight excluding hydrogens is 285 g/mol. The highest BCUT2D eigenvalue weighted by Crippen LogP contribution is 2.30. The third-order valence-corrected chi connectivity index (χ3v) is 3.61. The molecule has 0 saturated carbocycles. The molecule has 5 nitrogen and oxygen atoms in total. The van der Waals surface area contributed by atoms with E-state index in [4.69, 9.17) is 4.74 Å². The number of hydrogen-bond donors (Lipinski definition) is 1. The molecule has 2 aromatic heterocycles. The Balaban J connectivity index is 1.86. The Morgan fingerprint density at radius 1 is 1.48 bits per heavy atom. The van der Waals surface area contributed by atoms with Crippen molar-refractivity contribution in [3.63, 3.8) is 0 Å². The second-order valence-corrected chi connectivity index (χ2v) is 5.39. The fourth-order valence-electron chi connectivity index (χ4n) is 2.44. The van der Waals surface area contributed by atoms with Gasteiger partial charge in [0.2, 0.25) is 0 Å². The molecule has 1 aliphatic heterocycles. The van der Waals surface area contributed by atoms with Gasteiger partial charge in [0.05, 0.1) is 5.60 Å². The molecule has 8 heteroatoms. The van der Waals surface area contributed by atoms with Gasteiger partial charge in [-0.05, 0) is 19.8 Å². The molecule has 0 amide bonds. The summed E-state index contributed by atoms with van der Waals surface area (Å²) in [5.41, 5.74) is -0.935. The van der Waals surface area contributed by atoms with Crippen LogP contribution in [0.15, 0.2) is 18.5 Å². The van der Waals surface area contributed by atoms with Crippen LogP contribution in [0.1, 0.15) is 25.5 Å². The summed E-state index contributed by atoms with van der Waals surface area (Å²) >= 11 is 0. The third kappa shape index (κ3) is 2.80. The van der Waals surface area contributed by atoms with E-state index >= 15 is 0 Å². The molecule has 0 spiro atoms. The van der Waals surface area contributed by atoms with E-state index < -0.39 is 11.9 Å². The zero-order chi connectivity index (χ0) is 15.1. The first-order chi connectivity index (χ1) is 9.87. The predicted octanol–water partition coefficient (Wildman–Crippen LogP) is 2.73. The van der Waals surface area contributed by atoms with Crippen molar-refractivity contribution in [1.82, 2.24) is 14.6 Å². The van der Waals surface area contributed by atoms with Crippen LogP contribution < -0.4 is 5.32 Å². The number of alkyl halides is 3. The minimum atomic E-state index is -4.47. The van der Waals surface area contributed by atoms with Crippen LogP contribution in [-0.2, 0) is 10.9 Å². The number of anilines is 1. The van der Waals surface area contributed by atoms with Crippen molar-refractivity contribution < 1.29 is 17.9 Å². The zero-order valence-corrected chi connectivity index (χ0v) is 11.4. The molecule has 1 atom stereocenters. The number of halogens is 3. The van der Waals surface area contributed by atoms with Gasteiger partial charge in [-0.3, -0.25) is 0 Å². The highest BCUT2D eigenvalue weighted by atomic mass is 19.4. The third-order valence-electron chi connectivity index (χ3n) is 3.61. The first-order valence-electron chi connectivity index (χ1n) is 6.67. The number of rotatable bonds is 3. The van der Waals surface area contributed by atoms with E-state index in [-0.39, 0.29) is 5.60 Å². The lowest BCUT2D eigenvalue weighted by Crippen LogP contribution is -2.32. The molecule has 1 unspecified atom stereocenters. The SMILES string of the molecule is CC1(CNc2nccn3nc(C(F)(F)F)cc23)CCCO1. The van der Waals surface area contributed by atoms with Crippen LogP contribution in [-0.4, -0.2) is 33.4 Å². The minimum absolute atomic E-state index is 0.298. The summed E-state index contributed by atoms with van der Waals surface area (Å²) in [7, 11) is 0. The van der Waals surface area contributed by atoms with Gasteiger partial charge in [-0.2, -0.15) is 18.3 Å². The van der Waals surface area contributed by atoms with Crippen molar-refractivity contribution in [2.75, 3.05) is 18.5 Å². The molecular formula is C13H15F3N4O. The van der Waals surface area contributed by atoms with E-state index in [1.54, 1.807) is 0 Å². The lowest BCUT2D eigenvalue weighted by Gasteiger charge is -2.23. The fourth-order valence-corrected chi connectivity index (χ4v) is 2.44. The molecule has 0 aromatic carbocycles. The Kier molecular flexibility index (Phi) is 3.27. The lowest BCUT2D eigenvalue weighted by molar-refractivity contribution is -0.141. The first kappa shape index (κ1) is 14.1. The van der Waals surface area contributed by atoms with Crippen molar-refractivity contribution in [1.29, 1.82) is 0 Å². The average molecular weight is 300 g/mol. The van der Waals surface area contributed by atoms with Gasteiger partial charge in [-0.25, -0.2) is 9.50 Å². The van der Waals surface area contributed by atoms with Gasteiger partial charge in [0.1, 0.15) is 5.52 Å². The van der Waals surface area contributed by atoms with Crippen molar-refractivity contribution in [2.24, 2.45) is 0 Å². The van der Waals surface area contributed by atoms with E-state index in [2.05, 4.69) is 15.4 Å². The minimum Gasteiger partial charge on any atom is -0.373 e. The van der Waals surface area contributed by atoms with Gasteiger partial charge in [0.25, 0.3) is 0 Å². The molecule has 0 bridgehead atoms. The van der Waals surface area contributed by atoms with Crippen molar-refractivity contribution >= 4 is 11.3 Å². The maximum absolute atomic E-state index is 12.7. The lowest BCUT2D eigenvalue weighted by atomic mass is 10.0. The topological polar surface area (TPSA) is 51.5 Å². The van der Waals surface area contributed by atoms with Gasteiger partial charge >= 0.3 is 6.18 Å². The summed E-state index contributed by atoms with van der Waals surface area (Å²) in [6.07, 6.45) is 0.241. The smallest absolute Gasteiger partial charge is 0.373 e. The van der Waals surface area contributed by atoms with Crippen molar-refractivity contribution in [3.8, 4) is 0 Å². The summed E-state index contributed by atoms with van der Waals surface area (Å²) in [5, 5.41) is 6.59. The molecule has 3 rings (SSSR count). The normalized spacial score (nSPS) is 22.9. The van der Waals surface area contributed by atoms with E-state index in [0.717, 1.165) is 18.9 Å². The van der Waals surface area contributed by atoms with Crippen LogP contribution in [0.5, 0.6) is 0 Å².